The van der Waals surface area contributed by atoms with Crippen LogP contribution in [0.25, 0.3) is 0 Å². The lowest BCUT2D eigenvalue weighted by Gasteiger charge is -2.18. The number of nitrogens with zero attached hydrogens (tertiary/aromatic N) is 2. The molecule has 0 aliphatic carbocycles. The van der Waals surface area contributed by atoms with Crippen LogP contribution in [0.15, 0.2) is 41.2 Å². The second-order valence-electron chi connectivity index (χ2n) is 4.85. The summed E-state index contributed by atoms with van der Waals surface area (Å²) in [5.41, 5.74) is 0.474. The molecule has 1 aromatic heterocycles. The third-order valence-electron chi connectivity index (χ3n) is 3.32. The van der Waals surface area contributed by atoms with E-state index in [1.165, 1.54) is 34.9 Å². The number of carbonyl (C=O) groups excluding carboxylic acids is 1. The SMILES string of the molecule is Cc1ccc(C#N)c(=O)n1C(C)C(=O)Nc1ccc(F)cc1. The Morgan fingerprint density at radius 2 is 1.91 bits per heavy atom. The van der Waals surface area contributed by atoms with Crippen molar-refractivity contribution < 1.29 is 9.18 Å². The second kappa shape index (κ2) is 6.22. The number of pyridine rings is 1. The van der Waals surface area contributed by atoms with Gasteiger partial charge in [-0.25, -0.2) is 4.39 Å². The fourth-order valence-electron chi connectivity index (χ4n) is 2.11. The van der Waals surface area contributed by atoms with Crippen molar-refractivity contribution in [2.24, 2.45) is 0 Å². The Hall–Kier alpha value is -2.94. The van der Waals surface area contributed by atoms with E-state index in [9.17, 15) is 14.0 Å². The molecular formula is C16H14FN3O2. The first-order valence-electron chi connectivity index (χ1n) is 6.62. The smallest absolute Gasteiger partial charge is 0.269 e. The van der Waals surface area contributed by atoms with Crippen LogP contribution in [0.4, 0.5) is 10.1 Å². The number of benzene rings is 1. The van der Waals surface area contributed by atoms with Gasteiger partial charge in [0.05, 0.1) is 0 Å². The molecule has 0 radical (unpaired) electrons. The first kappa shape index (κ1) is 15.4. The number of aromatic nitrogens is 1. The van der Waals surface area contributed by atoms with Gasteiger partial charge in [0.15, 0.2) is 0 Å². The van der Waals surface area contributed by atoms with Crippen LogP contribution in [0.5, 0.6) is 0 Å². The van der Waals surface area contributed by atoms with E-state index in [2.05, 4.69) is 5.32 Å². The summed E-state index contributed by atoms with van der Waals surface area (Å²) < 4.78 is 14.1. The first-order chi connectivity index (χ1) is 10.4. The molecule has 1 aromatic carbocycles. The molecule has 1 atom stereocenters. The van der Waals surface area contributed by atoms with Crippen molar-refractivity contribution in [1.82, 2.24) is 4.57 Å². The molecule has 22 heavy (non-hydrogen) atoms. The van der Waals surface area contributed by atoms with E-state index >= 15 is 0 Å². The van der Waals surface area contributed by atoms with E-state index in [1.807, 2.05) is 0 Å². The lowest BCUT2D eigenvalue weighted by Crippen LogP contribution is -2.34. The minimum Gasteiger partial charge on any atom is -0.324 e. The maximum absolute atomic E-state index is 12.8. The summed E-state index contributed by atoms with van der Waals surface area (Å²) in [6, 6.07) is 9.37. The largest absolute Gasteiger partial charge is 0.324 e. The second-order valence-corrected chi connectivity index (χ2v) is 4.85. The highest BCUT2D eigenvalue weighted by atomic mass is 19.1. The number of carbonyl (C=O) groups is 1. The molecule has 5 nitrogen and oxygen atoms in total. The normalized spacial score (nSPS) is 11.5. The average molecular weight is 299 g/mol. The monoisotopic (exact) mass is 299 g/mol. The first-order valence-corrected chi connectivity index (χ1v) is 6.62. The number of aryl methyl sites for hydroxylation is 1. The number of halogens is 1. The fraction of sp³-hybridized carbons (Fsp3) is 0.188. The Kier molecular flexibility index (Phi) is 4.37. The Morgan fingerprint density at radius 3 is 2.50 bits per heavy atom. The highest BCUT2D eigenvalue weighted by Gasteiger charge is 2.19. The van der Waals surface area contributed by atoms with Crippen LogP contribution in [-0.4, -0.2) is 10.5 Å². The summed E-state index contributed by atoms with van der Waals surface area (Å²) in [6.45, 7) is 3.25. The van der Waals surface area contributed by atoms with Crippen molar-refractivity contribution in [3.8, 4) is 6.07 Å². The zero-order valence-electron chi connectivity index (χ0n) is 12.1. The van der Waals surface area contributed by atoms with Crippen LogP contribution in [-0.2, 0) is 4.79 Å². The van der Waals surface area contributed by atoms with E-state index in [0.29, 0.717) is 11.4 Å². The third kappa shape index (κ3) is 3.04. The summed E-state index contributed by atoms with van der Waals surface area (Å²) in [6.07, 6.45) is 0. The van der Waals surface area contributed by atoms with Crippen LogP contribution in [0.3, 0.4) is 0 Å². The van der Waals surface area contributed by atoms with Gasteiger partial charge in [0, 0.05) is 11.4 Å². The highest BCUT2D eigenvalue weighted by Crippen LogP contribution is 2.13. The van der Waals surface area contributed by atoms with Gasteiger partial charge in [0.1, 0.15) is 23.5 Å². The minimum atomic E-state index is -0.800. The van der Waals surface area contributed by atoms with Gasteiger partial charge >= 0.3 is 0 Å². The molecule has 1 heterocycles. The number of hydrogen-bond acceptors (Lipinski definition) is 3. The lowest BCUT2D eigenvalue weighted by molar-refractivity contribution is -0.118. The zero-order valence-corrected chi connectivity index (χ0v) is 12.1. The van der Waals surface area contributed by atoms with Crippen LogP contribution in [0.2, 0.25) is 0 Å². The number of rotatable bonds is 3. The molecule has 1 unspecified atom stereocenters. The molecule has 0 saturated heterocycles. The van der Waals surface area contributed by atoms with E-state index in [-0.39, 0.29) is 5.56 Å². The Bertz CT molecular complexity index is 804. The van der Waals surface area contributed by atoms with Crippen LogP contribution in [0.1, 0.15) is 24.2 Å². The fourth-order valence-corrected chi connectivity index (χ4v) is 2.11. The van der Waals surface area contributed by atoms with Crippen molar-refractivity contribution in [2.75, 3.05) is 5.32 Å². The summed E-state index contributed by atoms with van der Waals surface area (Å²) in [4.78, 5) is 24.4. The van der Waals surface area contributed by atoms with Crippen molar-refractivity contribution in [3.05, 3.63) is 63.8 Å². The number of nitrogens with one attached hydrogen (secondary N) is 1. The number of nitriles is 1. The summed E-state index contributed by atoms with van der Waals surface area (Å²) in [7, 11) is 0. The Balaban J connectivity index is 2.30. The highest BCUT2D eigenvalue weighted by molar-refractivity contribution is 5.93. The van der Waals surface area contributed by atoms with Crippen molar-refractivity contribution in [1.29, 1.82) is 5.26 Å². The minimum absolute atomic E-state index is 0.0213. The number of hydrogen-bond donors (Lipinski definition) is 1. The van der Waals surface area contributed by atoms with Gasteiger partial charge in [0.25, 0.3) is 5.56 Å². The molecule has 0 fully saturated rings. The van der Waals surface area contributed by atoms with E-state index in [0.717, 1.165) is 0 Å². The van der Waals surface area contributed by atoms with Gasteiger partial charge in [-0.3, -0.25) is 14.2 Å². The Morgan fingerprint density at radius 1 is 1.27 bits per heavy atom. The topological polar surface area (TPSA) is 74.9 Å². The summed E-state index contributed by atoms with van der Waals surface area (Å²) >= 11 is 0. The predicted molar refractivity (Wildman–Crippen MR) is 79.9 cm³/mol. The summed E-state index contributed by atoms with van der Waals surface area (Å²) in [5, 5.41) is 11.5. The van der Waals surface area contributed by atoms with Crippen molar-refractivity contribution in [3.63, 3.8) is 0 Å². The molecular weight excluding hydrogens is 285 g/mol. The molecule has 0 aliphatic rings. The molecule has 0 aliphatic heterocycles. The van der Waals surface area contributed by atoms with Gasteiger partial charge in [0.2, 0.25) is 5.91 Å². The predicted octanol–water partition coefficient (Wildman–Crippen LogP) is 2.37. The third-order valence-corrected chi connectivity index (χ3v) is 3.32. The van der Waals surface area contributed by atoms with Crippen molar-refractivity contribution in [2.45, 2.75) is 19.9 Å². The molecule has 1 amide bonds. The average Bonchev–Trinajstić information content (AvgIpc) is 2.49. The maximum Gasteiger partial charge on any atom is 0.269 e. The molecule has 2 rings (SSSR count). The van der Waals surface area contributed by atoms with E-state index in [1.54, 1.807) is 26.0 Å². The number of anilines is 1. The van der Waals surface area contributed by atoms with Gasteiger partial charge < -0.3 is 5.32 Å². The van der Waals surface area contributed by atoms with Crippen LogP contribution < -0.4 is 10.9 Å². The van der Waals surface area contributed by atoms with Gasteiger partial charge in [-0.05, 0) is 50.2 Å². The van der Waals surface area contributed by atoms with Crippen LogP contribution >= 0.6 is 0 Å². The van der Waals surface area contributed by atoms with Gasteiger partial charge in [-0.15, -0.1) is 0 Å². The summed E-state index contributed by atoms with van der Waals surface area (Å²) in [5.74, 6) is -0.827. The van der Waals surface area contributed by atoms with E-state index < -0.39 is 23.3 Å². The molecule has 0 saturated carbocycles. The molecule has 6 heteroatoms. The van der Waals surface area contributed by atoms with Crippen LogP contribution in [0, 0.1) is 24.1 Å². The Labute approximate surface area is 126 Å². The maximum atomic E-state index is 12.8. The molecule has 1 N–H and O–H groups in total. The van der Waals surface area contributed by atoms with Gasteiger partial charge in [-0.2, -0.15) is 5.26 Å². The zero-order chi connectivity index (χ0) is 16.3. The molecule has 0 spiro atoms. The molecule has 112 valence electrons. The lowest BCUT2D eigenvalue weighted by atomic mass is 10.2. The molecule has 0 bridgehead atoms. The standard InChI is InChI=1S/C16H14FN3O2/c1-10-3-4-12(9-18)16(22)20(10)11(2)15(21)19-14-7-5-13(17)6-8-14/h3-8,11H,1-2H3,(H,19,21). The quantitative estimate of drug-likeness (QED) is 0.945. The molecule has 2 aromatic rings. The number of amides is 1. The van der Waals surface area contributed by atoms with Crippen molar-refractivity contribution >= 4 is 11.6 Å². The van der Waals surface area contributed by atoms with Gasteiger partial charge in [-0.1, -0.05) is 0 Å². The van der Waals surface area contributed by atoms with E-state index in [4.69, 9.17) is 5.26 Å².